The number of aromatic nitrogens is 1. The fourth-order valence-electron chi connectivity index (χ4n) is 5.10. The molecule has 4 rings (SSSR count). The van der Waals surface area contributed by atoms with Gasteiger partial charge in [-0.15, -0.1) is 0 Å². The maximum absolute atomic E-state index is 13.4. The van der Waals surface area contributed by atoms with Crippen LogP contribution in [0, 0.1) is 25.7 Å². The Hall–Kier alpha value is -2.63. The van der Waals surface area contributed by atoms with Crippen molar-refractivity contribution in [2.75, 3.05) is 19.6 Å². The number of carbonyl (C=O) groups excluding carboxylic acids is 2. The number of amides is 2. The normalized spacial score (nSPS) is 20.7. The lowest BCUT2D eigenvalue weighted by atomic mass is 9.81. The van der Waals surface area contributed by atoms with Gasteiger partial charge in [-0.3, -0.25) is 9.59 Å². The van der Waals surface area contributed by atoms with Crippen LogP contribution in [0.25, 0.3) is 0 Å². The molecule has 6 nitrogen and oxygen atoms in total. The molecule has 6 heteroatoms. The maximum Gasteiger partial charge on any atom is 0.227 e. The van der Waals surface area contributed by atoms with Gasteiger partial charge in [0.2, 0.25) is 11.8 Å². The van der Waals surface area contributed by atoms with E-state index in [1.54, 1.807) is 0 Å². The van der Waals surface area contributed by atoms with Gasteiger partial charge in [-0.1, -0.05) is 41.9 Å². The molecule has 3 heterocycles. The highest BCUT2D eigenvalue weighted by atomic mass is 16.5. The molecular formula is C25H33N3O3. The number of aryl methyl sites for hydroxylation is 2. The lowest BCUT2D eigenvalue weighted by Gasteiger charge is -2.36. The van der Waals surface area contributed by atoms with Gasteiger partial charge in [-0.2, -0.15) is 0 Å². The van der Waals surface area contributed by atoms with Crippen LogP contribution < -0.4 is 0 Å². The summed E-state index contributed by atoms with van der Waals surface area (Å²) < 4.78 is 5.19. The zero-order chi connectivity index (χ0) is 21.8. The van der Waals surface area contributed by atoms with Gasteiger partial charge in [0.25, 0.3) is 0 Å². The first-order chi connectivity index (χ1) is 15.0. The summed E-state index contributed by atoms with van der Waals surface area (Å²) in [5.74, 6) is 1.62. The molecule has 2 saturated heterocycles. The smallest absolute Gasteiger partial charge is 0.227 e. The van der Waals surface area contributed by atoms with Crippen molar-refractivity contribution < 1.29 is 14.1 Å². The van der Waals surface area contributed by atoms with Crippen molar-refractivity contribution in [3.8, 4) is 0 Å². The van der Waals surface area contributed by atoms with Crippen molar-refractivity contribution in [3.05, 3.63) is 52.9 Å². The highest BCUT2D eigenvalue weighted by Crippen LogP contribution is 2.33. The van der Waals surface area contributed by atoms with E-state index < -0.39 is 0 Å². The van der Waals surface area contributed by atoms with Gasteiger partial charge in [0.05, 0.1) is 12.1 Å². The van der Waals surface area contributed by atoms with Crippen LogP contribution in [0.2, 0.25) is 0 Å². The minimum absolute atomic E-state index is 0.0889. The molecule has 0 radical (unpaired) electrons. The fraction of sp³-hybridized carbons (Fsp3) is 0.560. The Labute approximate surface area is 184 Å². The minimum atomic E-state index is 0.0889. The third kappa shape index (κ3) is 5.00. The molecule has 0 N–H and O–H groups in total. The summed E-state index contributed by atoms with van der Waals surface area (Å²) in [4.78, 5) is 30.2. The number of benzene rings is 1. The number of hydrogen-bond donors (Lipinski definition) is 0. The summed E-state index contributed by atoms with van der Waals surface area (Å²) >= 11 is 0. The van der Waals surface area contributed by atoms with E-state index in [1.807, 2.05) is 36.9 Å². The second kappa shape index (κ2) is 9.67. The second-order valence-electron chi connectivity index (χ2n) is 9.05. The summed E-state index contributed by atoms with van der Waals surface area (Å²) in [5, 5.41) is 3.95. The Bertz CT molecular complexity index is 880. The highest BCUT2D eigenvalue weighted by molar-refractivity contribution is 5.80. The number of carbonyl (C=O) groups is 2. The lowest BCUT2D eigenvalue weighted by Crippen LogP contribution is -2.44. The summed E-state index contributed by atoms with van der Waals surface area (Å²) in [6.07, 6.45) is 5.31. The number of rotatable bonds is 5. The van der Waals surface area contributed by atoms with Gasteiger partial charge in [0.15, 0.2) is 0 Å². The van der Waals surface area contributed by atoms with Gasteiger partial charge in [-0.25, -0.2) is 0 Å². The molecular weight excluding hydrogens is 390 g/mol. The molecule has 2 aliphatic rings. The van der Waals surface area contributed by atoms with E-state index in [1.165, 1.54) is 5.56 Å². The quantitative estimate of drug-likeness (QED) is 0.732. The maximum atomic E-state index is 13.4. The predicted octanol–water partition coefficient (Wildman–Crippen LogP) is 3.90. The fourth-order valence-corrected chi connectivity index (χ4v) is 5.10. The number of nitrogens with zero attached hydrogens (tertiary/aromatic N) is 3. The molecule has 1 aromatic heterocycles. The molecule has 2 aromatic rings. The first kappa shape index (κ1) is 21.6. The van der Waals surface area contributed by atoms with Gasteiger partial charge >= 0.3 is 0 Å². The molecule has 0 saturated carbocycles. The van der Waals surface area contributed by atoms with Gasteiger partial charge < -0.3 is 14.3 Å². The zero-order valence-corrected chi connectivity index (χ0v) is 18.7. The topological polar surface area (TPSA) is 66.7 Å². The first-order valence-electron chi connectivity index (χ1n) is 11.5. The molecule has 0 aliphatic carbocycles. The molecule has 0 bridgehead atoms. The standard InChI is InChI=1S/C25H33N3O3/c1-18-23(19(2)31-26-18)16-24(29)27-14-11-21(12-15-27)22-10-6-7-13-28(25(22)30)17-20-8-4-3-5-9-20/h3-5,8-9,21-22H,6-7,10-17H2,1-2H3. The summed E-state index contributed by atoms with van der Waals surface area (Å²) in [7, 11) is 0. The van der Waals surface area contributed by atoms with E-state index in [-0.39, 0.29) is 11.8 Å². The van der Waals surface area contributed by atoms with Crippen LogP contribution in [0.3, 0.4) is 0 Å². The Morgan fingerprint density at radius 1 is 1.06 bits per heavy atom. The van der Waals surface area contributed by atoms with Crippen LogP contribution in [0.5, 0.6) is 0 Å². The van der Waals surface area contributed by atoms with Gasteiger partial charge in [0, 0.05) is 37.7 Å². The third-order valence-corrected chi connectivity index (χ3v) is 7.01. The molecule has 31 heavy (non-hydrogen) atoms. The molecule has 2 fully saturated rings. The van der Waals surface area contributed by atoms with E-state index in [9.17, 15) is 9.59 Å². The minimum Gasteiger partial charge on any atom is -0.361 e. The van der Waals surface area contributed by atoms with Crippen molar-refractivity contribution in [1.29, 1.82) is 0 Å². The van der Waals surface area contributed by atoms with E-state index >= 15 is 0 Å². The SMILES string of the molecule is Cc1noc(C)c1CC(=O)N1CCC(C2CCCCN(Cc3ccccc3)C2=O)CC1. The predicted molar refractivity (Wildman–Crippen MR) is 118 cm³/mol. The molecule has 166 valence electrons. The first-order valence-corrected chi connectivity index (χ1v) is 11.5. The van der Waals surface area contributed by atoms with Crippen LogP contribution in [0.15, 0.2) is 34.9 Å². The van der Waals surface area contributed by atoms with E-state index in [2.05, 4.69) is 22.2 Å². The van der Waals surface area contributed by atoms with Gasteiger partial charge in [0.1, 0.15) is 5.76 Å². The average molecular weight is 424 g/mol. The Kier molecular flexibility index (Phi) is 6.73. The van der Waals surface area contributed by atoms with Crippen LogP contribution in [-0.2, 0) is 22.6 Å². The Morgan fingerprint density at radius 3 is 2.48 bits per heavy atom. The molecule has 2 aliphatic heterocycles. The number of piperidine rings is 1. The van der Waals surface area contributed by atoms with E-state index in [0.717, 1.165) is 68.8 Å². The van der Waals surface area contributed by atoms with E-state index in [0.29, 0.717) is 24.8 Å². The Balaban J connectivity index is 1.35. The summed E-state index contributed by atoms with van der Waals surface area (Å²) in [5.41, 5.74) is 2.89. The molecule has 2 amide bonds. The zero-order valence-electron chi connectivity index (χ0n) is 18.7. The number of likely N-dealkylation sites (tertiary alicyclic amines) is 2. The van der Waals surface area contributed by atoms with Crippen LogP contribution in [0.1, 0.15) is 54.7 Å². The molecule has 0 spiro atoms. The Morgan fingerprint density at radius 2 is 1.81 bits per heavy atom. The monoisotopic (exact) mass is 423 g/mol. The summed E-state index contributed by atoms with van der Waals surface area (Å²) in [6, 6.07) is 10.3. The van der Waals surface area contributed by atoms with E-state index in [4.69, 9.17) is 4.52 Å². The molecule has 1 atom stereocenters. The number of hydrogen-bond acceptors (Lipinski definition) is 4. The van der Waals surface area contributed by atoms with Crippen molar-refractivity contribution in [2.24, 2.45) is 11.8 Å². The van der Waals surface area contributed by atoms with Gasteiger partial charge in [-0.05, 0) is 51.0 Å². The van der Waals surface area contributed by atoms with Crippen LogP contribution in [0.4, 0.5) is 0 Å². The van der Waals surface area contributed by atoms with Crippen LogP contribution in [-0.4, -0.2) is 46.4 Å². The van der Waals surface area contributed by atoms with Crippen molar-refractivity contribution in [2.45, 2.75) is 58.9 Å². The average Bonchev–Trinajstić information content (AvgIpc) is 2.99. The summed E-state index contributed by atoms with van der Waals surface area (Å²) in [6.45, 7) is 6.74. The van der Waals surface area contributed by atoms with Crippen molar-refractivity contribution in [1.82, 2.24) is 15.0 Å². The highest BCUT2D eigenvalue weighted by Gasteiger charge is 2.36. The molecule has 1 unspecified atom stereocenters. The molecule has 1 aromatic carbocycles. The largest absolute Gasteiger partial charge is 0.361 e. The van der Waals surface area contributed by atoms with Crippen molar-refractivity contribution in [3.63, 3.8) is 0 Å². The third-order valence-electron chi connectivity index (χ3n) is 7.01. The second-order valence-corrected chi connectivity index (χ2v) is 9.05. The van der Waals surface area contributed by atoms with Crippen molar-refractivity contribution >= 4 is 11.8 Å². The van der Waals surface area contributed by atoms with Crippen LogP contribution >= 0.6 is 0 Å². The lowest BCUT2D eigenvalue weighted by molar-refractivity contribution is -0.138.